The van der Waals surface area contributed by atoms with Gasteiger partial charge in [-0.15, -0.1) is 0 Å². The lowest BCUT2D eigenvalue weighted by Gasteiger charge is -2.03. The van der Waals surface area contributed by atoms with Gasteiger partial charge in [0.2, 0.25) is 0 Å². The van der Waals surface area contributed by atoms with Gasteiger partial charge in [0, 0.05) is 0 Å². The van der Waals surface area contributed by atoms with Crippen molar-refractivity contribution in [3.63, 3.8) is 0 Å². The van der Waals surface area contributed by atoms with E-state index >= 15 is 0 Å². The summed E-state index contributed by atoms with van der Waals surface area (Å²) in [6.07, 6.45) is -0.489. The number of rotatable bonds is 2. The third kappa shape index (κ3) is 1.85. The maximum absolute atomic E-state index is 9.14. The van der Waals surface area contributed by atoms with Gasteiger partial charge in [-0.3, -0.25) is 0 Å². The average Bonchev–Trinajstić information content (AvgIpc) is 2.05. The first kappa shape index (κ1) is 7.88. The van der Waals surface area contributed by atoms with Crippen LogP contribution in [0.1, 0.15) is 18.6 Å². The second-order valence-electron chi connectivity index (χ2n) is 2.38. The van der Waals surface area contributed by atoms with E-state index in [0.29, 0.717) is 5.69 Å². The van der Waals surface area contributed by atoms with E-state index in [1.165, 1.54) is 0 Å². The fraction of sp³-hybridized carbons (Fsp3) is 0.250. The molecule has 1 atom stereocenters. The van der Waals surface area contributed by atoms with Gasteiger partial charge in [-0.25, -0.2) is 5.53 Å². The summed E-state index contributed by atoms with van der Waals surface area (Å²) in [5.74, 6) is 0. The molecule has 1 aromatic rings. The maximum atomic E-state index is 9.14. The fourth-order valence-electron chi connectivity index (χ4n) is 0.854. The van der Waals surface area contributed by atoms with Gasteiger partial charge in [-0.05, 0) is 24.6 Å². The van der Waals surface area contributed by atoms with Crippen molar-refractivity contribution in [2.75, 3.05) is 0 Å². The Morgan fingerprint density at radius 3 is 2.82 bits per heavy atom. The zero-order valence-corrected chi connectivity index (χ0v) is 6.28. The number of nitrogens with zero attached hydrogens (tertiary/aromatic N) is 1. The molecule has 2 N–H and O–H groups in total. The topological polar surface area (TPSA) is 56.4 Å². The molecule has 1 rings (SSSR count). The highest BCUT2D eigenvalue weighted by Gasteiger charge is 1.99. The molecule has 0 aromatic heterocycles. The molecule has 3 nitrogen and oxygen atoms in total. The van der Waals surface area contributed by atoms with E-state index in [9.17, 15) is 0 Å². The Kier molecular flexibility index (Phi) is 2.33. The van der Waals surface area contributed by atoms with E-state index in [1.54, 1.807) is 31.2 Å². The number of aliphatic hydroxyl groups excluding tert-OH is 1. The molecular weight excluding hydrogens is 140 g/mol. The van der Waals surface area contributed by atoms with Crippen LogP contribution in [-0.2, 0) is 0 Å². The lowest BCUT2D eigenvalue weighted by atomic mass is 10.1. The van der Waals surface area contributed by atoms with Gasteiger partial charge in [0.05, 0.1) is 11.8 Å². The predicted octanol–water partition coefficient (Wildman–Crippen LogP) is 2.40. The zero-order valence-electron chi connectivity index (χ0n) is 6.28. The van der Waals surface area contributed by atoms with Crippen molar-refractivity contribution in [1.29, 1.82) is 5.53 Å². The van der Waals surface area contributed by atoms with Gasteiger partial charge in [0.1, 0.15) is 0 Å². The molecule has 0 aliphatic heterocycles. The third-order valence-electron chi connectivity index (χ3n) is 1.48. The van der Waals surface area contributed by atoms with E-state index in [0.717, 1.165) is 5.56 Å². The number of nitrogens with one attached hydrogen (secondary N) is 1. The highest BCUT2D eigenvalue weighted by molar-refractivity contribution is 5.39. The van der Waals surface area contributed by atoms with Crippen molar-refractivity contribution in [3.05, 3.63) is 29.8 Å². The van der Waals surface area contributed by atoms with Gasteiger partial charge in [0.25, 0.3) is 0 Å². The van der Waals surface area contributed by atoms with E-state index < -0.39 is 6.10 Å². The van der Waals surface area contributed by atoms with Crippen LogP contribution in [-0.4, -0.2) is 5.11 Å². The normalized spacial score (nSPS) is 12.5. The zero-order chi connectivity index (χ0) is 8.27. The van der Waals surface area contributed by atoms with Crippen molar-refractivity contribution in [3.8, 4) is 0 Å². The smallest absolute Gasteiger partial charge is 0.0853 e. The summed E-state index contributed by atoms with van der Waals surface area (Å²) >= 11 is 0. The molecule has 0 saturated heterocycles. The van der Waals surface area contributed by atoms with Gasteiger partial charge in [-0.1, -0.05) is 12.1 Å². The molecule has 3 heteroatoms. The van der Waals surface area contributed by atoms with Gasteiger partial charge in [-0.2, -0.15) is 5.11 Å². The van der Waals surface area contributed by atoms with Gasteiger partial charge in [0.15, 0.2) is 0 Å². The van der Waals surface area contributed by atoms with Crippen molar-refractivity contribution in [2.24, 2.45) is 5.11 Å². The minimum absolute atomic E-state index is 0.489. The van der Waals surface area contributed by atoms with E-state index in [2.05, 4.69) is 5.11 Å². The molecule has 0 saturated carbocycles. The van der Waals surface area contributed by atoms with Crippen molar-refractivity contribution >= 4 is 5.69 Å². The van der Waals surface area contributed by atoms with Crippen molar-refractivity contribution < 1.29 is 5.11 Å². The Bertz CT molecular complexity index is 258. The van der Waals surface area contributed by atoms with Crippen LogP contribution in [0.5, 0.6) is 0 Å². The summed E-state index contributed by atoms with van der Waals surface area (Å²) in [5, 5.41) is 12.4. The maximum Gasteiger partial charge on any atom is 0.0853 e. The third-order valence-corrected chi connectivity index (χ3v) is 1.48. The van der Waals surface area contributed by atoms with E-state index in [4.69, 9.17) is 10.6 Å². The van der Waals surface area contributed by atoms with Crippen LogP contribution in [0.25, 0.3) is 0 Å². The van der Waals surface area contributed by atoms with Crippen LogP contribution < -0.4 is 0 Å². The SMILES string of the molecule is CC(O)c1cccc(N=N)c1. The standard InChI is InChI=1S/C8H10N2O/c1-6(11)7-3-2-4-8(5-7)10-9/h2-6,9,11H,1H3. The molecule has 0 heterocycles. The Morgan fingerprint density at radius 1 is 1.55 bits per heavy atom. The number of hydrogen-bond donors (Lipinski definition) is 2. The van der Waals surface area contributed by atoms with Gasteiger partial charge >= 0.3 is 0 Å². The molecule has 0 amide bonds. The van der Waals surface area contributed by atoms with Crippen molar-refractivity contribution in [1.82, 2.24) is 0 Å². The van der Waals surface area contributed by atoms with E-state index in [-0.39, 0.29) is 0 Å². The molecule has 0 bridgehead atoms. The first-order valence-corrected chi connectivity index (χ1v) is 3.39. The number of hydrogen-bond acceptors (Lipinski definition) is 3. The molecular formula is C8H10N2O. The Balaban J connectivity index is 3.00. The Hall–Kier alpha value is -1.22. The monoisotopic (exact) mass is 150 g/mol. The molecule has 1 aromatic carbocycles. The minimum Gasteiger partial charge on any atom is -0.389 e. The van der Waals surface area contributed by atoms with Crippen LogP contribution in [0, 0.1) is 5.53 Å². The predicted molar refractivity (Wildman–Crippen MR) is 41.9 cm³/mol. The first-order chi connectivity index (χ1) is 5.24. The molecule has 0 aliphatic rings. The quantitative estimate of drug-likeness (QED) is 0.625. The lowest BCUT2D eigenvalue weighted by molar-refractivity contribution is 0.199. The summed E-state index contributed by atoms with van der Waals surface area (Å²) in [5.41, 5.74) is 8.09. The molecule has 0 spiro atoms. The minimum atomic E-state index is -0.489. The van der Waals surface area contributed by atoms with Crippen molar-refractivity contribution in [2.45, 2.75) is 13.0 Å². The van der Waals surface area contributed by atoms with E-state index in [1.807, 2.05) is 0 Å². The van der Waals surface area contributed by atoms with Crippen LogP contribution in [0.4, 0.5) is 5.69 Å². The fourth-order valence-corrected chi connectivity index (χ4v) is 0.854. The second-order valence-corrected chi connectivity index (χ2v) is 2.38. The molecule has 58 valence electrons. The van der Waals surface area contributed by atoms with Crippen LogP contribution in [0.3, 0.4) is 0 Å². The Morgan fingerprint density at radius 2 is 2.27 bits per heavy atom. The summed E-state index contributed by atoms with van der Waals surface area (Å²) in [6.45, 7) is 1.68. The van der Waals surface area contributed by atoms with Crippen LogP contribution >= 0.6 is 0 Å². The summed E-state index contributed by atoms with van der Waals surface area (Å²) in [7, 11) is 0. The number of benzene rings is 1. The molecule has 1 unspecified atom stereocenters. The highest BCUT2D eigenvalue weighted by atomic mass is 16.3. The molecule has 0 aliphatic carbocycles. The highest BCUT2D eigenvalue weighted by Crippen LogP contribution is 2.18. The van der Waals surface area contributed by atoms with Crippen LogP contribution in [0.15, 0.2) is 29.4 Å². The molecule has 11 heavy (non-hydrogen) atoms. The molecule has 0 radical (unpaired) electrons. The van der Waals surface area contributed by atoms with Crippen LogP contribution in [0.2, 0.25) is 0 Å². The largest absolute Gasteiger partial charge is 0.389 e. The summed E-state index contributed by atoms with van der Waals surface area (Å²) in [6, 6.07) is 6.99. The van der Waals surface area contributed by atoms with Gasteiger partial charge < -0.3 is 5.11 Å². The summed E-state index contributed by atoms with van der Waals surface area (Å²) < 4.78 is 0. The number of aliphatic hydroxyl groups is 1. The average molecular weight is 150 g/mol. The summed E-state index contributed by atoms with van der Waals surface area (Å²) in [4.78, 5) is 0. The Labute approximate surface area is 65.2 Å². The molecule has 0 fully saturated rings. The lowest BCUT2D eigenvalue weighted by Crippen LogP contribution is -1.88. The second kappa shape index (κ2) is 3.25. The first-order valence-electron chi connectivity index (χ1n) is 3.39.